The molecule has 0 aliphatic heterocycles. The van der Waals surface area contributed by atoms with Crippen LogP contribution < -0.4 is 0 Å². The van der Waals surface area contributed by atoms with Gasteiger partial charge in [0.15, 0.2) is 0 Å². The molecular formula is C16H22O. The highest BCUT2D eigenvalue weighted by Crippen LogP contribution is 2.58. The Morgan fingerprint density at radius 1 is 1.06 bits per heavy atom. The van der Waals surface area contributed by atoms with E-state index >= 15 is 0 Å². The van der Waals surface area contributed by atoms with Crippen LogP contribution in [-0.4, -0.2) is 5.78 Å². The first-order valence-corrected chi connectivity index (χ1v) is 6.80. The van der Waals surface area contributed by atoms with Crippen LogP contribution in [0.15, 0.2) is 30.3 Å². The SMILES string of the molecule is CCC1C(=O)C(CC)(CC)C1c1ccccc1. The molecule has 1 fully saturated rings. The van der Waals surface area contributed by atoms with E-state index < -0.39 is 0 Å². The first-order chi connectivity index (χ1) is 8.21. The van der Waals surface area contributed by atoms with Crippen molar-refractivity contribution in [2.75, 3.05) is 0 Å². The minimum Gasteiger partial charge on any atom is -0.299 e. The fraction of sp³-hybridized carbons (Fsp3) is 0.562. The number of rotatable bonds is 4. The molecule has 2 unspecified atom stereocenters. The van der Waals surface area contributed by atoms with Crippen molar-refractivity contribution in [3.63, 3.8) is 0 Å². The van der Waals surface area contributed by atoms with Crippen molar-refractivity contribution in [3.05, 3.63) is 35.9 Å². The van der Waals surface area contributed by atoms with Crippen molar-refractivity contribution in [2.24, 2.45) is 11.3 Å². The Labute approximate surface area is 104 Å². The summed E-state index contributed by atoms with van der Waals surface area (Å²) in [5.41, 5.74) is 1.27. The maximum atomic E-state index is 12.4. The van der Waals surface area contributed by atoms with Gasteiger partial charge in [0.1, 0.15) is 5.78 Å². The van der Waals surface area contributed by atoms with Crippen LogP contribution in [0.1, 0.15) is 51.5 Å². The van der Waals surface area contributed by atoms with E-state index in [0.29, 0.717) is 11.7 Å². The van der Waals surface area contributed by atoms with Crippen LogP contribution in [0.3, 0.4) is 0 Å². The second-order valence-electron chi connectivity index (χ2n) is 5.13. The lowest BCUT2D eigenvalue weighted by molar-refractivity contribution is -0.151. The summed E-state index contributed by atoms with van der Waals surface area (Å²) < 4.78 is 0. The van der Waals surface area contributed by atoms with E-state index in [1.165, 1.54) is 5.56 Å². The van der Waals surface area contributed by atoms with E-state index in [4.69, 9.17) is 0 Å². The molecule has 1 aliphatic rings. The van der Waals surface area contributed by atoms with Crippen molar-refractivity contribution in [1.29, 1.82) is 0 Å². The topological polar surface area (TPSA) is 17.1 Å². The van der Waals surface area contributed by atoms with Crippen molar-refractivity contribution in [3.8, 4) is 0 Å². The molecule has 2 rings (SSSR count). The van der Waals surface area contributed by atoms with E-state index in [2.05, 4.69) is 45.0 Å². The van der Waals surface area contributed by atoms with Gasteiger partial charge in [0.2, 0.25) is 0 Å². The maximum absolute atomic E-state index is 12.4. The molecule has 1 aromatic carbocycles. The van der Waals surface area contributed by atoms with Crippen LogP contribution in [0.25, 0.3) is 0 Å². The summed E-state index contributed by atoms with van der Waals surface area (Å²) in [7, 11) is 0. The van der Waals surface area contributed by atoms with Gasteiger partial charge in [-0.1, -0.05) is 51.1 Å². The number of hydrogen-bond donors (Lipinski definition) is 0. The van der Waals surface area contributed by atoms with Gasteiger partial charge in [-0.2, -0.15) is 0 Å². The van der Waals surface area contributed by atoms with Crippen LogP contribution in [0.5, 0.6) is 0 Å². The molecule has 0 aromatic heterocycles. The number of ketones is 1. The molecule has 1 heteroatoms. The average molecular weight is 230 g/mol. The average Bonchev–Trinajstić information content (AvgIpc) is 2.39. The predicted molar refractivity (Wildman–Crippen MR) is 71.0 cm³/mol. The second kappa shape index (κ2) is 4.64. The summed E-state index contributed by atoms with van der Waals surface area (Å²) in [4.78, 5) is 12.4. The van der Waals surface area contributed by atoms with Crippen LogP contribution in [0.4, 0.5) is 0 Å². The van der Waals surface area contributed by atoms with Crippen molar-refractivity contribution < 1.29 is 4.79 Å². The van der Waals surface area contributed by atoms with Gasteiger partial charge < -0.3 is 0 Å². The molecule has 0 N–H and O–H groups in total. The zero-order valence-corrected chi connectivity index (χ0v) is 11.1. The minimum absolute atomic E-state index is 0.0813. The van der Waals surface area contributed by atoms with Gasteiger partial charge in [-0.25, -0.2) is 0 Å². The molecule has 92 valence electrons. The lowest BCUT2D eigenvalue weighted by atomic mass is 9.48. The highest BCUT2D eigenvalue weighted by atomic mass is 16.1. The summed E-state index contributed by atoms with van der Waals surface area (Å²) in [5, 5.41) is 0. The van der Waals surface area contributed by atoms with Crippen LogP contribution in [0.2, 0.25) is 0 Å². The number of carbonyl (C=O) groups excluding carboxylic acids is 1. The molecule has 0 spiro atoms. The summed E-state index contributed by atoms with van der Waals surface area (Å²) in [5.74, 6) is 1.19. The normalized spacial score (nSPS) is 26.6. The fourth-order valence-corrected chi connectivity index (χ4v) is 3.63. The summed E-state index contributed by atoms with van der Waals surface area (Å²) in [6.07, 6.45) is 2.91. The molecule has 0 saturated heterocycles. The van der Waals surface area contributed by atoms with Gasteiger partial charge >= 0.3 is 0 Å². The molecule has 1 aromatic rings. The fourth-order valence-electron chi connectivity index (χ4n) is 3.63. The lowest BCUT2D eigenvalue weighted by Gasteiger charge is -2.53. The predicted octanol–water partition coefficient (Wildman–Crippen LogP) is 4.19. The molecule has 0 amide bonds. The molecule has 0 bridgehead atoms. The molecular weight excluding hydrogens is 208 g/mol. The summed E-state index contributed by atoms with van der Waals surface area (Å²) in [6, 6.07) is 10.6. The lowest BCUT2D eigenvalue weighted by Crippen LogP contribution is -2.55. The maximum Gasteiger partial charge on any atom is 0.143 e. The number of carbonyl (C=O) groups is 1. The molecule has 1 saturated carbocycles. The first kappa shape index (κ1) is 12.3. The van der Waals surface area contributed by atoms with Crippen LogP contribution in [0, 0.1) is 11.3 Å². The monoisotopic (exact) mass is 230 g/mol. The molecule has 2 atom stereocenters. The quantitative estimate of drug-likeness (QED) is 0.758. The number of hydrogen-bond acceptors (Lipinski definition) is 1. The highest BCUT2D eigenvalue weighted by Gasteiger charge is 2.58. The van der Waals surface area contributed by atoms with E-state index in [9.17, 15) is 4.79 Å². The Morgan fingerprint density at radius 2 is 1.65 bits per heavy atom. The van der Waals surface area contributed by atoms with E-state index in [1.54, 1.807) is 0 Å². The molecule has 1 aliphatic carbocycles. The highest BCUT2D eigenvalue weighted by molar-refractivity contribution is 5.95. The third kappa shape index (κ3) is 1.64. The smallest absolute Gasteiger partial charge is 0.143 e. The van der Waals surface area contributed by atoms with Gasteiger partial charge in [0.05, 0.1) is 0 Å². The van der Waals surface area contributed by atoms with Crippen LogP contribution >= 0.6 is 0 Å². The van der Waals surface area contributed by atoms with E-state index in [-0.39, 0.29) is 11.3 Å². The first-order valence-electron chi connectivity index (χ1n) is 6.80. The van der Waals surface area contributed by atoms with E-state index in [1.807, 2.05) is 6.07 Å². The third-order valence-electron chi connectivity index (χ3n) is 4.69. The van der Waals surface area contributed by atoms with Gasteiger partial charge in [0.25, 0.3) is 0 Å². The number of Topliss-reactive ketones (excluding diaryl/α,β-unsaturated/α-hetero) is 1. The molecule has 0 heterocycles. The Hall–Kier alpha value is -1.11. The summed E-state index contributed by atoms with van der Waals surface area (Å²) >= 11 is 0. The molecule has 17 heavy (non-hydrogen) atoms. The summed E-state index contributed by atoms with van der Waals surface area (Å²) in [6.45, 7) is 6.44. The standard InChI is InChI=1S/C16H22O/c1-4-13-14(12-10-8-7-9-11-12)16(5-2,6-3)15(13)17/h7-11,13-14H,4-6H2,1-3H3. The van der Waals surface area contributed by atoms with Crippen molar-refractivity contribution in [2.45, 2.75) is 46.0 Å². The zero-order chi connectivity index (χ0) is 12.5. The Morgan fingerprint density at radius 3 is 2.12 bits per heavy atom. The molecule has 1 nitrogen and oxygen atoms in total. The van der Waals surface area contributed by atoms with Gasteiger partial charge in [0, 0.05) is 17.3 Å². The minimum atomic E-state index is -0.0813. The van der Waals surface area contributed by atoms with Gasteiger partial charge in [-0.05, 0) is 24.8 Å². The zero-order valence-electron chi connectivity index (χ0n) is 11.1. The Bertz CT molecular complexity index is 389. The second-order valence-corrected chi connectivity index (χ2v) is 5.13. The number of benzene rings is 1. The third-order valence-corrected chi connectivity index (χ3v) is 4.69. The Balaban J connectivity index is 2.39. The van der Waals surface area contributed by atoms with Gasteiger partial charge in [-0.3, -0.25) is 4.79 Å². The molecule has 0 radical (unpaired) electrons. The van der Waals surface area contributed by atoms with Crippen LogP contribution in [-0.2, 0) is 4.79 Å². The van der Waals surface area contributed by atoms with Crippen molar-refractivity contribution in [1.82, 2.24) is 0 Å². The van der Waals surface area contributed by atoms with E-state index in [0.717, 1.165) is 19.3 Å². The van der Waals surface area contributed by atoms with Gasteiger partial charge in [-0.15, -0.1) is 0 Å². The Kier molecular flexibility index (Phi) is 3.37. The largest absolute Gasteiger partial charge is 0.299 e. The van der Waals surface area contributed by atoms with Crippen molar-refractivity contribution >= 4 is 5.78 Å².